The van der Waals surface area contributed by atoms with Gasteiger partial charge in [0.05, 0.1) is 12.5 Å². The molecule has 0 aliphatic rings. The highest BCUT2D eigenvalue weighted by Crippen LogP contribution is 2.01. The minimum absolute atomic E-state index is 0.0566. The summed E-state index contributed by atoms with van der Waals surface area (Å²) in [4.78, 5) is 68.7. The van der Waals surface area contributed by atoms with E-state index in [-0.39, 0.29) is 12.2 Å². The number of nitrogens with one attached hydrogen (secondary N) is 3. The van der Waals surface area contributed by atoms with Crippen molar-refractivity contribution in [1.82, 2.24) is 16.0 Å². The number of thiol groups is 1. The largest absolute Gasteiger partial charge is 0.481 e. The van der Waals surface area contributed by atoms with E-state index in [0.717, 1.165) is 0 Å². The maximum atomic E-state index is 12.3. The Balaban J connectivity index is 5.02. The van der Waals surface area contributed by atoms with E-state index in [4.69, 9.17) is 21.1 Å². The van der Waals surface area contributed by atoms with E-state index in [1.54, 1.807) is 0 Å². The Labute approximate surface area is 170 Å². The summed E-state index contributed by atoms with van der Waals surface area (Å²) in [6.07, 6.45) is -1.67. The Bertz CT molecular complexity index is 658. The highest BCUT2D eigenvalue weighted by atomic mass is 32.1. The van der Waals surface area contributed by atoms with E-state index in [1.807, 2.05) is 0 Å². The highest BCUT2D eigenvalue weighted by molar-refractivity contribution is 7.80. The number of hydrogen-bond donors (Lipinski definition) is 8. The van der Waals surface area contributed by atoms with Gasteiger partial charge in [-0.3, -0.25) is 24.0 Å². The molecule has 0 radical (unpaired) electrons. The molecular weight excluding hydrogens is 412 g/mol. The van der Waals surface area contributed by atoms with Gasteiger partial charge in [0.2, 0.25) is 17.7 Å². The van der Waals surface area contributed by atoms with E-state index in [9.17, 15) is 28.8 Å². The second-order valence-corrected chi connectivity index (χ2v) is 6.38. The first kappa shape index (κ1) is 26.1. The molecule has 0 saturated carbocycles. The monoisotopic (exact) mass is 436 g/mol. The molecule has 0 spiro atoms. The molecule has 0 aromatic rings. The van der Waals surface area contributed by atoms with E-state index < -0.39 is 72.6 Å². The third kappa shape index (κ3) is 10.3. The Kier molecular flexibility index (Phi) is 11.3. The molecule has 0 aromatic heterocycles. The van der Waals surface area contributed by atoms with Gasteiger partial charge in [0.1, 0.15) is 18.1 Å². The average Bonchev–Trinajstić information content (AvgIpc) is 2.62. The fourth-order valence-electron chi connectivity index (χ4n) is 1.95. The normalized spacial score (nSPS) is 14.6. The maximum Gasteiger partial charge on any atom is 0.326 e. The van der Waals surface area contributed by atoms with E-state index >= 15 is 0 Å². The maximum absolute atomic E-state index is 12.3. The first-order valence-corrected chi connectivity index (χ1v) is 8.96. The van der Waals surface area contributed by atoms with Gasteiger partial charge in [-0.2, -0.15) is 12.6 Å². The lowest BCUT2D eigenvalue weighted by Gasteiger charge is -2.22. The molecule has 0 fully saturated rings. The summed E-state index contributed by atoms with van der Waals surface area (Å²) in [5.41, 5.74) is 5.45. The van der Waals surface area contributed by atoms with Crippen LogP contribution >= 0.6 is 12.6 Å². The summed E-state index contributed by atoms with van der Waals surface area (Å²) in [5, 5.41) is 32.9. The van der Waals surface area contributed by atoms with Crippen LogP contribution in [-0.2, 0) is 28.8 Å². The van der Waals surface area contributed by atoms with E-state index in [2.05, 4.69) is 28.6 Å². The van der Waals surface area contributed by atoms with Crippen LogP contribution in [0.3, 0.4) is 0 Å². The minimum atomic E-state index is -1.54. The predicted octanol–water partition coefficient (Wildman–Crippen LogP) is -2.86. The first-order chi connectivity index (χ1) is 13.4. The molecule has 13 nitrogen and oxygen atoms in total. The van der Waals surface area contributed by atoms with Crippen molar-refractivity contribution in [3.63, 3.8) is 0 Å². The zero-order valence-corrected chi connectivity index (χ0v) is 16.3. The van der Waals surface area contributed by atoms with Crippen LogP contribution in [0.25, 0.3) is 0 Å². The van der Waals surface area contributed by atoms with Crippen molar-refractivity contribution in [1.29, 1.82) is 0 Å². The summed E-state index contributed by atoms with van der Waals surface area (Å²) in [6, 6.07) is -5.43. The SMILES string of the molecule is CC(NC(=O)C(CC(=O)O)NC(=O)C(N)CS)C(=O)NC(CCC(=O)O)C(=O)O. The van der Waals surface area contributed by atoms with Crippen LogP contribution in [0.2, 0.25) is 0 Å². The molecule has 14 heteroatoms. The summed E-state index contributed by atoms with van der Waals surface area (Å²) in [7, 11) is 0. The smallest absolute Gasteiger partial charge is 0.326 e. The molecule has 8 N–H and O–H groups in total. The molecule has 3 amide bonds. The molecule has 0 heterocycles. The van der Waals surface area contributed by atoms with E-state index in [0.29, 0.717) is 0 Å². The fourth-order valence-corrected chi connectivity index (χ4v) is 2.11. The quantitative estimate of drug-likeness (QED) is 0.138. The Hall–Kier alpha value is -2.87. The molecule has 0 rings (SSSR count). The van der Waals surface area contributed by atoms with Crippen molar-refractivity contribution in [3.8, 4) is 0 Å². The topological polar surface area (TPSA) is 225 Å². The van der Waals surface area contributed by atoms with Crippen LogP contribution in [0, 0.1) is 0 Å². The predicted molar refractivity (Wildman–Crippen MR) is 100 cm³/mol. The number of nitrogens with two attached hydrogens (primary N) is 1. The van der Waals surface area contributed by atoms with Crippen LogP contribution in [0.5, 0.6) is 0 Å². The van der Waals surface area contributed by atoms with Crippen molar-refractivity contribution >= 4 is 48.3 Å². The number of carbonyl (C=O) groups is 6. The zero-order chi connectivity index (χ0) is 22.7. The van der Waals surface area contributed by atoms with Gasteiger partial charge in [0.25, 0.3) is 0 Å². The molecule has 0 bridgehead atoms. The molecule has 0 aliphatic carbocycles. The summed E-state index contributed by atoms with van der Waals surface area (Å²) in [6.45, 7) is 1.20. The van der Waals surface area contributed by atoms with Crippen molar-refractivity contribution in [2.75, 3.05) is 5.75 Å². The number of rotatable bonds is 13. The molecule has 4 unspecified atom stereocenters. The third-order valence-electron chi connectivity index (χ3n) is 3.56. The van der Waals surface area contributed by atoms with Crippen LogP contribution in [0.15, 0.2) is 0 Å². The zero-order valence-electron chi connectivity index (χ0n) is 15.5. The van der Waals surface area contributed by atoms with Crippen LogP contribution in [0.1, 0.15) is 26.2 Å². The molecule has 29 heavy (non-hydrogen) atoms. The highest BCUT2D eigenvalue weighted by Gasteiger charge is 2.29. The number of carboxylic acids is 3. The lowest BCUT2D eigenvalue weighted by Crippen LogP contribution is -2.57. The Morgan fingerprint density at radius 1 is 0.862 bits per heavy atom. The second-order valence-electron chi connectivity index (χ2n) is 6.01. The fraction of sp³-hybridized carbons (Fsp3) is 0.600. The van der Waals surface area contributed by atoms with Gasteiger partial charge in [-0.15, -0.1) is 0 Å². The van der Waals surface area contributed by atoms with Gasteiger partial charge < -0.3 is 37.0 Å². The van der Waals surface area contributed by atoms with Gasteiger partial charge in [-0.05, 0) is 13.3 Å². The van der Waals surface area contributed by atoms with Gasteiger partial charge in [0, 0.05) is 12.2 Å². The third-order valence-corrected chi connectivity index (χ3v) is 3.95. The number of aliphatic carboxylic acids is 3. The van der Waals surface area contributed by atoms with E-state index in [1.165, 1.54) is 6.92 Å². The molecule has 164 valence electrons. The van der Waals surface area contributed by atoms with Crippen molar-refractivity contribution in [2.24, 2.45) is 5.73 Å². The van der Waals surface area contributed by atoms with Crippen LogP contribution in [0.4, 0.5) is 0 Å². The first-order valence-electron chi connectivity index (χ1n) is 8.33. The molecule has 0 aliphatic heterocycles. The minimum Gasteiger partial charge on any atom is -0.481 e. The van der Waals surface area contributed by atoms with Crippen molar-refractivity contribution in [3.05, 3.63) is 0 Å². The average molecular weight is 436 g/mol. The number of carboxylic acid groups (broad SMARTS) is 3. The van der Waals surface area contributed by atoms with Crippen molar-refractivity contribution < 1.29 is 44.1 Å². The van der Waals surface area contributed by atoms with Gasteiger partial charge in [-0.1, -0.05) is 0 Å². The molecule has 0 aromatic carbocycles. The standard InChI is InChI=1S/C15H24N4O9S/c1-6(12(24)18-8(15(27)28)2-3-10(20)21)17-14(26)9(4-11(22)23)19-13(25)7(16)5-29/h6-9,29H,2-5,16H2,1H3,(H,17,26)(H,18,24)(H,19,25)(H,20,21)(H,22,23)(H,27,28). The van der Waals surface area contributed by atoms with Crippen LogP contribution < -0.4 is 21.7 Å². The number of carbonyl (C=O) groups excluding carboxylic acids is 3. The number of hydrogen-bond acceptors (Lipinski definition) is 8. The van der Waals surface area contributed by atoms with Gasteiger partial charge >= 0.3 is 17.9 Å². The van der Waals surface area contributed by atoms with Gasteiger partial charge in [-0.25, -0.2) is 4.79 Å². The summed E-state index contributed by atoms with van der Waals surface area (Å²) < 4.78 is 0. The summed E-state index contributed by atoms with van der Waals surface area (Å²) in [5.74, 6) is -6.94. The molecule has 4 atom stereocenters. The molecular formula is C15H24N4O9S. The van der Waals surface area contributed by atoms with Crippen molar-refractivity contribution in [2.45, 2.75) is 50.4 Å². The van der Waals surface area contributed by atoms with Crippen LogP contribution in [-0.4, -0.2) is 80.9 Å². The number of amides is 3. The summed E-state index contributed by atoms with van der Waals surface area (Å²) >= 11 is 3.82. The van der Waals surface area contributed by atoms with Gasteiger partial charge in [0.15, 0.2) is 0 Å². The lowest BCUT2D eigenvalue weighted by molar-refractivity contribution is -0.144. The lowest BCUT2D eigenvalue weighted by atomic mass is 10.1. The Morgan fingerprint density at radius 2 is 1.41 bits per heavy atom. The Morgan fingerprint density at radius 3 is 1.86 bits per heavy atom. The second kappa shape index (κ2) is 12.6. The molecule has 0 saturated heterocycles.